The number of carbonyl (C=O) groups excluding carboxylic acids is 1. The lowest BCUT2D eigenvalue weighted by Crippen LogP contribution is -2.14. The molecule has 1 aromatic carbocycles. The molecule has 0 unspecified atom stereocenters. The molecule has 0 saturated heterocycles. The maximum absolute atomic E-state index is 11.0. The number of aromatic nitrogens is 3. The van der Waals surface area contributed by atoms with Crippen LogP contribution in [-0.4, -0.2) is 26.4 Å². The summed E-state index contributed by atoms with van der Waals surface area (Å²) in [7, 11) is 0. The molecule has 2 aromatic heterocycles. The number of furan rings is 1. The Labute approximate surface area is 153 Å². The second-order valence-electron chi connectivity index (χ2n) is 5.06. The van der Waals surface area contributed by atoms with Crippen LogP contribution in [0, 0.1) is 0 Å². The van der Waals surface area contributed by atoms with E-state index in [9.17, 15) is 4.79 Å². The first-order valence-corrected chi connectivity index (χ1v) is 8.72. The molecule has 0 fully saturated rings. The minimum absolute atomic E-state index is 0.119. The number of amides is 1. The number of nitrogens with two attached hydrogens (primary N) is 1. The van der Waals surface area contributed by atoms with Crippen molar-refractivity contribution < 1.29 is 13.9 Å². The van der Waals surface area contributed by atoms with Crippen molar-refractivity contribution in [1.29, 1.82) is 0 Å². The molecule has 0 bridgehead atoms. The summed E-state index contributed by atoms with van der Waals surface area (Å²) in [6, 6.07) is 10.7. The normalized spacial score (nSPS) is 10.8. The summed E-state index contributed by atoms with van der Waals surface area (Å²) in [6.45, 7) is 0.646. The number of hydrogen-bond acceptors (Lipinski definition) is 6. The van der Waals surface area contributed by atoms with E-state index < -0.39 is 5.91 Å². The number of primary amides is 1. The minimum Gasteiger partial charge on any atom is -0.486 e. The summed E-state index contributed by atoms with van der Waals surface area (Å²) in [5.74, 6) is 1.72. The number of benzene rings is 1. The SMILES string of the molecule is NC(=O)CSc1nnc(COc2ccc(Cl)cc2)n1Cc1ccco1. The van der Waals surface area contributed by atoms with Gasteiger partial charge < -0.3 is 14.9 Å². The third kappa shape index (κ3) is 4.77. The molecule has 0 aliphatic heterocycles. The van der Waals surface area contributed by atoms with Crippen LogP contribution in [0.2, 0.25) is 5.02 Å². The third-order valence-electron chi connectivity index (χ3n) is 3.21. The van der Waals surface area contributed by atoms with Crippen LogP contribution in [0.25, 0.3) is 0 Å². The smallest absolute Gasteiger partial charge is 0.227 e. The summed E-state index contributed by atoms with van der Waals surface area (Å²) in [5.41, 5.74) is 5.21. The zero-order chi connectivity index (χ0) is 17.6. The lowest BCUT2D eigenvalue weighted by atomic mass is 10.3. The molecule has 2 N–H and O–H groups in total. The average Bonchev–Trinajstić information content (AvgIpc) is 3.23. The molecule has 0 spiro atoms. The highest BCUT2D eigenvalue weighted by Crippen LogP contribution is 2.21. The van der Waals surface area contributed by atoms with Gasteiger partial charge in [-0.3, -0.25) is 9.36 Å². The van der Waals surface area contributed by atoms with Crippen LogP contribution in [0.1, 0.15) is 11.6 Å². The van der Waals surface area contributed by atoms with E-state index in [-0.39, 0.29) is 12.4 Å². The summed E-state index contributed by atoms with van der Waals surface area (Å²) in [4.78, 5) is 11.0. The van der Waals surface area contributed by atoms with Crippen molar-refractivity contribution in [2.45, 2.75) is 18.3 Å². The Bertz CT molecular complexity index is 834. The molecule has 0 saturated carbocycles. The monoisotopic (exact) mass is 378 g/mol. The molecule has 1 amide bonds. The summed E-state index contributed by atoms with van der Waals surface area (Å²) in [6.07, 6.45) is 1.60. The minimum atomic E-state index is -0.420. The number of rotatable bonds is 8. The second kappa shape index (κ2) is 8.09. The van der Waals surface area contributed by atoms with E-state index in [1.54, 1.807) is 36.6 Å². The van der Waals surface area contributed by atoms with Gasteiger partial charge in [0.2, 0.25) is 5.91 Å². The van der Waals surface area contributed by atoms with Crippen molar-refractivity contribution in [2.24, 2.45) is 5.73 Å². The molecule has 130 valence electrons. The fourth-order valence-corrected chi connectivity index (χ4v) is 2.89. The van der Waals surface area contributed by atoms with Crippen LogP contribution < -0.4 is 10.5 Å². The van der Waals surface area contributed by atoms with Crippen molar-refractivity contribution >= 4 is 29.3 Å². The maximum Gasteiger partial charge on any atom is 0.227 e. The highest BCUT2D eigenvalue weighted by atomic mass is 35.5. The van der Waals surface area contributed by atoms with Gasteiger partial charge in [0.05, 0.1) is 18.6 Å². The Balaban J connectivity index is 1.76. The van der Waals surface area contributed by atoms with E-state index in [1.165, 1.54) is 11.8 Å². The van der Waals surface area contributed by atoms with Crippen LogP contribution in [0.4, 0.5) is 0 Å². The number of halogens is 1. The predicted octanol–water partition coefficient (Wildman–Crippen LogP) is 2.73. The molecule has 0 radical (unpaired) electrons. The van der Waals surface area contributed by atoms with Gasteiger partial charge in [0.15, 0.2) is 11.0 Å². The molecule has 3 aromatic rings. The standard InChI is InChI=1S/C16H15ClN4O3S/c17-11-3-5-12(6-4-11)24-9-15-19-20-16(25-10-14(18)22)21(15)8-13-2-1-7-23-13/h1-7H,8-10H2,(H2,18,22). The average molecular weight is 379 g/mol. The van der Waals surface area contributed by atoms with Crippen molar-refractivity contribution in [3.8, 4) is 5.75 Å². The van der Waals surface area contributed by atoms with Gasteiger partial charge in [-0.2, -0.15) is 0 Å². The predicted molar refractivity (Wildman–Crippen MR) is 93.5 cm³/mol. The van der Waals surface area contributed by atoms with E-state index in [4.69, 9.17) is 26.5 Å². The second-order valence-corrected chi connectivity index (χ2v) is 6.44. The van der Waals surface area contributed by atoms with Crippen molar-refractivity contribution in [3.05, 3.63) is 59.3 Å². The number of nitrogens with zero attached hydrogens (tertiary/aromatic N) is 3. The first-order chi connectivity index (χ1) is 12.1. The van der Waals surface area contributed by atoms with E-state index >= 15 is 0 Å². The van der Waals surface area contributed by atoms with Gasteiger partial charge in [-0.1, -0.05) is 23.4 Å². The zero-order valence-electron chi connectivity index (χ0n) is 13.1. The van der Waals surface area contributed by atoms with Crippen LogP contribution in [0.5, 0.6) is 5.75 Å². The highest BCUT2D eigenvalue weighted by Gasteiger charge is 2.15. The molecule has 9 heteroatoms. The quantitative estimate of drug-likeness (QED) is 0.605. The first-order valence-electron chi connectivity index (χ1n) is 7.36. The molecule has 3 rings (SSSR count). The number of hydrogen-bond donors (Lipinski definition) is 1. The summed E-state index contributed by atoms with van der Waals surface area (Å²) < 4.78 is 13.0. The highest BCUT2D eigenvalue weighted by molar-refractivity contribution is 7.99. The van der Waals surface area contributed by atoms with Gasteiger partial charge in [0.25, 0.3) is 0 Å². The van der Waals surface area contributed by atoms with Gasteiger partial charge in [-0.15, -0.1) is 10.2 Å². The van der Waals surface area contributed by atoms with Crippen molar-refractivity contribution in [2.75, 3.05) is 5.75 Å². The third-order valence-corrected chi connectivity index (χ3v) is 4.45. The van der Waals surface area contributed by atoms with Crippen LogP contribution in [0.3, 0.4) is 0 Å². The lowest BCUT2D eigenvalue weighted by Gasteiger charge is -2.09. The van der Waals surface area contributed by atoms with Gasteiger partial charge in [0, 0.05) is 5.02 Å². The van der Waals surface area contributed by atoms with Crippen LogP contribution in [0.15, 0.2) is 52.2 Å². The Morgan fingerprint density at radius 3 is 2.76 bits per heavy atom. The largest absolute Gasteiger partial charge is 0.486 e. The van der Waals surface area contributed by atoms with Crippen LogP contribution in [-0.2, 0) is 17.9 Å². The molecular formula is C16H15ClN4O3S. The lowest BCUT2D eigenvalue weighted by molar-refractivity contribution is -0.115. The molecule has 2 heterocycles. The van der Waals surface area contributed by atoms with Gasteiger partial charge >= 0.3 is 0 Å². The van der Waals surface area contributed by atoms with E-state index in [0.717, 1.165) is 5.76 Å². The van der Waals surface area contributed by atoms with Crippen LogP contribution >= 0.6 is 23.4 Å². The van der Waals surface area contributed by atoms with E-state index in [0.29, 0.717) is 28.3 Å². The van der Waals surface area contributed by atoms with Gasteiger partial charge in [-0.05, 0) is 36.4 Å². The molecular weight excluding hydrogens is 364 g/mol. The topological polar surface area (TPSA) is 96.2 Å². The Morgan fingerprint density at radius 2 is 2.08 bits per heavy atom. The van der Waals surface area contributed by atoms with Gasteiger partial charge in [0.1, 0.15) is 18.1 Å². The Hall–Kier alpha value is -2.45. The fourth-order valence-electron chi connectivity index (χ4n) is 2.06. The summed E-state index contributed by atoms with van der Waals surface area (Å²) >= 11 is 7.09. The number of thioether (sulfide) groups is 1. The maximum atomic E-state index is 11.0. The van der Waals surface area contributed by atoms with Gasteiger partial charge in [-0.25, -0.2) is 0 Å². The summed E-state index contributed by atoms with van der Waals surface area (Å²) in [5, 5.41) is 9.49. The molecule has 25 heavy (non-hydrogen) atoms. The zero-order valence-corrected chi connectivity index (χ0v) is 14.7. The molecule has 0 aliphatic rings. The Morgan fingerprint density at radius 1 is 1.28 bits per heavy atom. The Kier molecular flexibility index (Phi) is 5.62. The number of ether oxygens (including phenoxy) is 1. The molecule has 7 nitrogen and oxygen atoms in total. The molecule has 0 atom stereocenters. The molecule has 0 aliphatic carbocycles. The number of carbonyl (C=O) groups is 1. The fraction of sp³-hybridized carbons (Fsp3) is 0.188. The van der Waals surface area contributed by atoms with E-state index in [1.807, 2.05) is 10.6 Å². The van der Waals surface area contributed by atoms with E-state index in [2.05, 4.69) is 10.2 Å². The first kappa shape index (κ1) is 17.4. The van der Waals surface area contributed by atoms with Crippen molar-refractivity contribution in [1.82, 2.24) is 14.8 Å². The van der Waals surface area contributed by atoms with Crippen molar-refractivity contribution in [3.63, 3.8) is 0 Å².